The zero-order chi connectivity index (χ0) is 42.8. The number of allylic oxidation sites excluding steroid dienone is 10. The minimum Gasteiger partial charge on any atom is -0.248 e. The topological polar surface area (TPSA) is 12.9 Å². The van der Waals surface area contributed by atoms with Crippen molar-refractivity contribution in [3.8, 4) is 33.6 Å². The highest BCUT2D eigenvalue weighted by molar-refractivity contribution is 6.01. The Balaban J connectivity index is 1.05. The SMILES string of the molecule is CC1(C)c2ccccc2C2(C3=C(C=C(c4ccc(-c5ccc(C6=CC=CCC6)cc5)cc4)CC3)c3c(-c4cc(C5=CCCCC5)cc(-c5ccccc5)n4)cccc32)c2ccccc21. The molecule has 5 aliphatic rings. The third-order valence-electron chi connectivity index (χ3n) is 15.2. The maximum Gasteiger partial charge on any atom is 0.0721 e. The van der Waals surface area contributed by atoms with Crippen LogP contribution < -0.4 is 0 Å². The van der Waals surface area contributed by atoms with E-state index in [1.54, 1.807) is 0 Å². The fourth-order valence-corrected chi connectivity index (χ4v) is 12.0. The third-order valence-corrected chi connectivity index (χ3v) is 15.2. The molecule has 0 amide bonds. The molecule has 1 aromatic heterocycles. The first-order valence-electron chi connectivity index (χ1n) is 23.6. The number of hydrogen-bond acceptors (Lipinski definition) is 1. The van der Waals surface area contributed by atoms with Crippen molar-refractivity contribution in [2.45, 2.75) is 76.0 Å². The largest absolute Gasteiger partial charge is 0.248 e. The second-order valence-corrected chi connectivity index (χ2v) is 19.0. The highest BCUT2D eigenvalue weighted by Gasteiger charge is 2.54. The number of pyridine rings is 1. The van der Waals surface area contributed by atoms with Crippen LogP contribution in [0.4, 0.5) is 0 Å². The Morgan fingerprint density at radius 3 is 1.73 bits per heavy atom. The van der Waals surface area contributed by atoms with Crippen LogP contribution in [-0.2, 0) is 10.8 Å². The molecule has 0 saturated heterocycles. The summed E-state index contributed by atoms with van der Waals surface area (Å²) in [4.78, 5) is 5.60. The number of rotatable bonds is 6. The molecule has 1 heteroatoms. The Morgan fingerprint density at radius 2 is 1.08 bits per heavy atom. The summed E-state index contributed by atoms with van der Waals surface area (Å²) >= 11 is 0. The lowest BCUT2D eigenvalue weighted by atomic mass is 9.54. The molecule has 7 aromatic rings. The van der Waals surface area contributed by atoms with Crippen molar-refractivity contribution < 1.29 is 0 Å². The van der Waals surface area contributed by atoms with Crippen LogP contribution >= 0.6 is 0 Å². The molecule has 1 spiro atoms. The van der Waals surface area contributed by atoms with Gasteiger partial charge in [-0.15, -0.1) is 0 Å². The molecular weight excluding hydrogens is 771 g/mol. The van der Waals surface area contributed by atoms with Crippen molar-refractivity contribution in [3.05, 3.63) is 244 Å². The zero-order valence-electron chi connectivity index (χ0n) is 37.0. The lowest BCUT2D eigenvalue weighted by molar-refractivity contribution is 0.550. The lowest BCUT2D eigenvalue weighted by Crippen LogP contribution is -2.41. The van der Waals surface area contributed by atoms with E-state index in [2.05, 4.69) is 202 Å². The third kappa shape index (κ3) is 6.16. The lowest BCUT2D eigenvalue weighted by Gasteiger charge is -2.48. The normalized spacial score (nSPS) is 17.8. The summed E-state index contributed by atoms with van der Waals surface area (Å²) in [5, 5.41) is 0. The number of fused-ring (bicyclic) bond motifs is 8. The molecule has 6 aromatic carbocycles. The molecule has 0 atom stereocenters. The fraction of sp³-hybridized carbons (Fsp3) is 0.190. The average Bonchev–Trinajstić information content (AvgIpc) is 3.67. The van der Waals surface area contributed by atoms with E-state index in [-0.39, 0.29) is 5.41 Å². The number of hydrogen-bond donors (Lipinski definition) is 0. The predicted molar refractivity (Wildman–Crippen MR) is 269 cm³/mol. The number of benzene rings is 6. The molecular formula is C63H53N. The second kappa shape index (κ2) is 15.5. The molecule has 64 heavy (non-hydrogen) atoms. The minimum atomic E-state index is -0.419. The van der Waals surface area contributed by atoms with Crippen molar-refractivity contribution >= 4 is 22.3 Å². The van der Waals surface area contributed by atoms with Crippen LogP contribution in [0.25, 0.3) is 55.9 Å². The van der Waals surface area contributed by atoms with Crippen LogP contribution in [0.3, 0.4) is 0 Å². The highest BCUT2D eigenvalue weighted by Crippen LogP contribution is 2.64. The highest BCUT2D eigenvalue weighted by atomic mass is 14.7. The van der Waals surface area contributed by atoms with Crippen LogP contribution in [0.1, 0.15) is 115 Å². The quantitative estimate of drug-likeness (QED) is 0.163. The molecule has 310 valence electrons. The number of nitrogens with zero attached hydrogens (tertiary/aromatic N) is 1. The van der Waals surface area contributed by atoms with Crippen molar-refractivity contribution in [1.82, 2.24) is 4.98 Å². The van der Waals surface area contributed by atoms with Gasteiger partial charge >= 0.3 is 0 Å². The van der Waals surface area contributed by atoms with E-state index in [4.69, 9.17) is 4.98 Å². The van der Waals surface area contributed by atoms with Gasteiger partial charge in [0.1, 0.15) is 0 Å². The molecule has 0 aliphatic heterocycles. The van der Waals surface area contributed by atoms with Gasteiger partial charge in [0, 0.05) is 16.5 Å². The van der Waals surface area contributed by atoms with Crippen molar-refractivity contribution in [2.24, 2.45) is 0 Å². The van der Waals surface area contributed by atoms with Gasteiger partial charge in [-0.3, -0.25) is 0 Å². The average molecular weight is 824 g/mol. The fourth-order valence-electron chi connectivity index (χ4n) is 12.0. The molecule has 0 unspecified atom stereocenters. The Kier molecular flexibility index (Phi) is 9.37. The molecule has 12 rings (SSSR count). The summed E-state index contributed by atoms with van der Waals surface area (Å²) in [7, 11) is 0. The van der Waals surface area contributed by atoms with Crippen LogP contribution in [-0.4, -0.2) is 4.98 Å². The Bertz CT molecular complexity index is 3090. The summed E-state index contributed by atoms with van der Waals surface area (Å²) in [6.07, 6.45) is 20.7. The molecule has 0 saturated carbocycles. The molecule has 0 N–H and O–H groups in total. The molecule has 0 fully saturated rings. The maximum absolute atomic E-state index is 5.60. The van der Waals surface area contributed by atoms with Gasteiger partial charge in [0.15, 0.2) is 0 Å². The first-order chi connectivity index (χ1) is 31.5. The molecule has 1 heterocycles. The standard InChI is InChI=1S/C63H53N/c1-62(2)54-24-12-14-26-56(54)63(57-27-15-13-25-55(57)62)53-38-37-49(47-35-33-46(34-36-47)45-31-29-44(30-32-45)42-17-6-3-7-18-42)39-52(53)61-51(23-16-28-58(61)63)60-41-50(43-19-8-4-9-20-43)40-59(64-60)48-21-10-5-11-22-48/h3,5-6,10-17,19,21-36,39-41H,4,7-9,18,20,37-38H2,1-2H3. The van der Waals surface area contributed by atoms with Gasteiger partial charge in [-0.25, -0.2) is 4.98 Å². The predicted octanol–water partition coefficient (Wildman–Crippen LogP) is 16.4. The van der Waals surface area contributed by atoms with Crippen molar-refractivity contribution in [3.63, 3.8) is 0 Å². The molecule has 0 radical (unpaired) electrons. The number of aromatic nitrogens is 1. The van der Waals surface area contributed by atoms with E-state index in [0.29, 0.717) is 0 Å². The van der Waals surface area contributed by atoms with Gasteiger partial charge in [0.25, 0.3) is 0 Å². The van der Waals surface area contributed by atoms with E-state index in [9.17, 15) is 0 Å². The molecule has 0 bridgehead atoms. The van der Waals surface area contributed by atoms with Gasteiger partial charge < -0.3 is 0 Å². The van der Waals surface area contributed by atoms with Crippen LogP contribution in [0.5, 0.6) is 0 Å². The Morgan fingerprint density at radius 1 is 0.453 bits per heavy atom. The van der Waals surface area contributed by atoms with Crippen LogP contribution in [0, 0.1) is 0 Å². The molecule has 1 nitrogen and oxygen atoms in total. The van der Waals surface area contributed by atoms with Crippen LogP contribution in [0.2, 0.25) is 0 Å². The van der Waals surface area contributed by atoms with Gasteiger partial charge in [-0.2, -0.15) is 0 Å². The van der Waals surface area contributed by atoms with E-state index in [1.807, 2.05) is 0 Å². The summed E-state index contributed by atoms with van der Waals surface area (Å²) < 4.78 is 0. The monoisotopic (exact) mass is 823 g/mol. The first kappa shape index (κ1) is 38.8. The minimum absolute atomic E-state index is 0.143. The summed E-state index contributed by atoms with van der Waals surface area (Å²) in [5.74, 6) is 0. The van der Waals surface area contributed by atoms with Crippen molar-refractivity contribution in [2.75, 3.05) is 0 Å². The van der Waals surface area contributed by atoms with E-state index in [1.165, 1.54) is 107 Å². The smallest absolute Gasteiger partial charge is 0.0721 e. The van der Waals surface area contributed by atoms with Gasteiger partial charge in [-0.05, 0) is 153 Å². The summed E-state index contributed by atoms with van der Waals surface area (Å²) in [6.45, 7) is 4.84. The van der Waals surface area contributed by atoms with Gasteiger partial charge in [-0.1, -0.05) is 190 Å². The first-order valence-corrected chi connectivity index (χ1v) is 23.6. The van der Waals surface area contributed by atoms with Gasteiger partial charge in [0.2, 0.25) is 0 Å². The summed E-state index contributed by atoms with van der Waals surface area (Å²) in [5.41, 5.74) is 25.9. The van der Waals surface area contributed by atoms with Crippen molar-refractivity contribution in [1.29, 1.82) is 0 Å². The molecule has 5 aliphatic carbocycles. The second-order valence-electron chi connectivity index (χ2n) is 19.0. The maximum atomic E-state index is 5.60. The van der Waals surface area contributed by atoms with Crippen LogP contribution in [0.15, 0.2) is 194 Å². The van der Waals surface area contributed by atoms with E-state index < -0.39 is 5.41 Å². The Hall–Kier alpha value is -6.83. The Labute approximate surface area is 379 Å². The zero-order valence-corrected chi connectivity index (χ0v) is 37.0. The van der Waals surface area contributed by atoms with E-state index >= 15 is 0 Å². The van der Waals surface area contributed by atoms with E-state index in [0.717, 1.165) is 55.5 Å². The summed E-state index contributed by atoms with van der Waals surface area (Å²) in [6, 6.07) is 59.8. The van der Waals surface area contributed by atoms with Gasteiger partial charge in [0.05, 0.1) is 16.8 Å².